The molecule has 0 aliphatic carbocycles. The van der Waals surface area contributed by atoms with Crippen molar-refractivity contribution in [3.8, 4) is 0 Å². The van der Waals surface area contributed by atoms with Gasteiger partial charge in [-0.3, -0.25) is 0 Å². The van der Waals surface area contributed by atoms with Crippen molar-refractivity contribution in [2.75, 3.05) is 13.2 Å². The molecule has 0 unspecified atom stereocenters. The molecule has 0 aromatic carbocycles. The van der Waals surface area contributed by atoms with Crippen LogP contribution in [0.2, 0.25) is 0 Å². The van der Waals surface area contributed by atoms with Crippen LogP contribution in [0.1, 0.15) is 0 Å². The number of Topliss-reactive ketones (excluding diaryl/α,β-unsaturated/α-hetero) is 1. The van der Waals surface area contributed by atoms with Gasteiger partial charge in [-0.25, -0.2) is 0 Å². The number of aliphatic hydroxyl groups is 4. The zero-order valence-electron chi connectivity index (χ0n) is 7.61. The fourth-order valence-corrected chi connectivity index (χ4v) is 1.28. The van der Waals surface area contributed by atoms with E-state index in [4.69, 9.17) is 24.6 Å². The second-order valence-electron chi connectivity index (χ2n) is 2.71. The summed E-state index contributed by atoms with van der Waals surface area (Å²) in [6.07, 6.45) is -5.49. The molecular weight excluding hydrogens is 273 g/mol. The zero-order valence-corrected chi connectivity index (χ0v) is 9.71. The van der Waals surface area contributed by atoms with Gasteiger partial charge in [-0.2, -0.15) is 0 Å². The minimum atomic E-state index is -3.84. The number of carbonyl (C=O) groups excluding carboxylic acids is 1. The zero-order chi connectivity index (χ0) is 12.0. The van der Waals surface area contributed by atoms with Crippen molar-refractivity contribution in [2.45, 2.75) is 18.3 Å². The molecule has 0 spiro atoms. The van der Waals surface area contributed by atoms with Gasteiger partial charge in [0.05, 0.1) is 0 Å². The molecule has 0 heterocycles. The van der Waals surface area contributed by atoms with Gasteiger partial charge in [0.15, 0.2) is 0 Å². The summed E-state index contributed by atoms with van der Waals surface area (Å²) in [5.74, 6) is -1.05. The van der Waals surface area contributed by atoms with Crippen LogP contribution < -0.4 is 0 Å². The Labute approximate surface area is 89.7 Å². The summed E-state index contributed by atoms with van der Waals surface area (Å²) in [6, 6.07) is 0. The Morgan fingerprint density at radius 1 is 1.33 bits per heavy atom. The third-order valence-electron chi connectivity index (χ3n) is 1.57. The van der Waals surface area contributed by atoms with Crippen molar-refractivity contribution in [3.05, 3.63) is 0 Å². The van der Waals surface area contributed by atoms with Gasteiger partial charge in [-0.05, 0) is 0 Å². The number of carbonyl (C=O) groups is 1. The van der Waals surface area contributed by atoms with Crippen molar-refractivity contribution in [3.63, 3.8) is 0 Å². The molecule has 0 radical (unpaired) electrons. The first kappa shape index (κ1) is 14.5. The molecule has 0 aromatic heterocycles. The Bertz CT molecular complexity index is 231. The van der Waals surface area contributed by atoms with Gasteiger partial charge in [-0.1, -0.05) is 0 Å². The fraction of sp³-hybridized carbons (Fsp3) is 0.833. The first-order valence-corrected chi connectivity index (χ1v) is 6.58. The van der Waals surface area contributed by atoms with Gasteiger partial charge in [0, 0.05) is 0 Å². The summed E-state index contributed by atoms with van der Waals surface area (Å²) in [5, 5.41) is 35.4. The van der Waals surface area contributed by atoms with E-state index >= 15 is 0 Å². The molecule has 0 saturated carbocycles. The van der Waals surface area contributed by atoms with Gasteiger partial charge < -0.3 is 0 Å². The van der Waals surface area contributed by atoms with E-state index in [9.17, 15) is 8.57 Å². The van der Waals surface area contributed by atoms with Crippen LogP contribution in [0.4, 0.5) is 0 Å². The number of aliphatic hydroxyl groups excluding tert-OH is 4. The fourth-order valence-electron chi connectivity index (χ4n) is 0.727. The molecule has 0 aliphatic rings. The first-order valence-electron chi connectivity index (χ1n) is 3.93. The van der Waals surface area contributed by atoms with Crippen LogP contribution in [0.3, 0.4) is 0 Å². The molecule has 0 aromatic rings. The number of hydrogen-bond acceptors (Lipinski definition) is 7. The van der Waals surface area contributed by atoms with Crippen LogP contribution in [-0.2, 0) is 12.3 Å². The molecule has 0 saturated heterocycles. The van der Waals surface area contributed by atoms with Crippen LogP contribution in [0, 0.1) is 0 Å². The maximum absolute atomic E-state index is 11.0. The summed E-state index contributed by atoms with van der Waals surface area (Å²) < 4.78 is 22.5. The Morgan fingerprint density at radius 3 is 2.27 bits per heavy atom. The summed E-state index contributed by atoms with van der Waals surface area (Å²) >= 11 is -3.84. The van der Waals surface area contributed by atoms with Gasteiger partial charge in [-0.15, -0.1) is 0 Å². The molecule has 8 nitrogen and oxygen atoms in total. The van der Waals surface area contributed by atoms with E-state index in [0.29, 0.717) is 0 Å². The Hall–Kier alpha value is -0.547. The first-order chi connectivity index (χ1) is 6.90. The quantitative estimate of drug-likeness (QED) is 0.298. The molecule has 3 atom stereocenters. The van der Waals surface area contributed by atoms with E-state index in [-0.39, 0.29) is 0 Å². The molecule has 0 amide bonds. The molecule has 88 valence electrons. The third-order valence-corrected chi connectivity index (χ3v) is 2.39. The SMILES string of the molecule is O=C(C[O][Ge](=[O])[OH])[C@@H](O)[C@H](O)[C@H](O)CO. The van der Waals surface area contributed by atoms with Crippen LogP contribution in [0.15, 0.2) is 0 Å². The van der Waals surface area contributed by atoms with Gasteiger partial charge in [0.1, 0.15) is 0 Å². The molecule has 5 N–H and O–H groups in total. The predicted molar refractivity (Wildman–Crippen MR) is 44.7 cm³/mol. The second-order valence-corrected chi connectivity index (χ2v) is 4.43. The molecule has 0 rings (SSSR count). The van der Waals surface area contributed by atoms with E-state index in [1.807, 2.05) is 0 Å². The van der Waals surface area contributed by atoms with E-state index in [2.05, 4.69) is 3.76 Å². The molecule has 9 heteroatoms. The Balaban J connectivity index is 4.13. The number of rotatable bonds is 7. The molecule has 0 fully saturated rings. The monoisotopic (exact) mass is 286 g/mol. The summed E-state index contributed by atoms with van der Waals surface area (Å²) in [5.41, 5.74) is 0. The van der Waals surface area contributed by atoms with Gasteiger partial charge >= 0.3 is 89.2 Å². The van der Waals surface area contributed by atoms with Crippen LogP contribution in [0.25, 0.3) is 0 Å². The Morgan fingerprint density at radius 2 is 1.87 bits per heavy atom. The summed E-state index contributed by atoms with van der Waals surface area (Å²) in [6.45, 7) is -1.65. The minimum absolute atomic E-state index is 0.826. The van der Waals surface area contributed by atoms with E-state index in [1.54, 1.807) is 0 Å². The van der Waals surface area contributed by atoms with Gasteiger partial charge in [0.25, 0.3) is 0 Å². The summed E-state index contributed by atoms with van der Waals surface area (Å²) in [4.78, 5) is 11.0. The van der Waals surface area contributed by atoms with Crippen molar-refractivity contribution >= 4 is 20.7 Å². The van der Waals surface area contributed by atoms with Crippen molar-refractivity contribution in [1.82, 2.24) is 0 Å². The predicted octanol–water partition coefficient (Wildman–Crippen LogP) is -3.95. The standard InChI is InChI=1S/C6H12GeO8/c8-1-3(9)5(11)6(12)4(10)2-15-7(13)14/h3,5-6,8-9,11-13H,1-2H2/t3-,5-,6-/m1/s1. The Kier molecular flexibility index (Phi) is 6.60. The summed E-state index contributed by atoms with van der Waals surface area (Å²) in [7, 11) is 0. The average Bonchev–Trinajstić information content (AvgIpc) is 2.22. The molecule has 0 bridgehead atoms. The molecule has 15 heavy (non-hydrogen) atoms. The van der Waals surface area contributed by atoms with E-state index in [1.165, 1.54) is 0 Å². The third kappa shape index (κ3) is 5.18. The van der Waals surface area contributed by atoms with Crippen LogP contribution in [0.5, 0.6) is 0 Å². The number of hydrogen-bond donors (Lipinski definition) is 5. The number of ketones is 1. The second kappa shape index (κ2) is 6.85. The van der Waals surface area contributed by atoms with E-state index < -0.39 is 52.3 Å². The van der Waals surface area contributed by atoms with Gasteiger partial charge in [0.2, 0.25) is 0 Å². The van der Waals surface area contributed by atoms with Crippen molar-refractivity contribution in [2.24, 2.45) is 0 Å². The normalized spacial score (nSPS) is 16.5. The van der Waals surface area contributed by atoms with Crippen LogP contribution in [-0.4, -0.2) is 76.8 Å². The molecular formula is C6H12GeO8. The van der Waals surface area contributed by atoms with Crippen LogP contribution >= 0.6 is 0 Å². The maximum atomic E-state index is 11.0. The van der Waals surface area contributed by atoms with Crippen molar-refractivity contribution in [1.29, 1.82) is 0 Å². The van der Waals surface area contributed by atoms with E-state index in [0.717, 1.165) is 0 Å². The molecule has 0 aliphatic heterocycles. The topological polar surface area (TPSA) is 145 Å². The average molecular weight is 285 g/mol. The van der Waals surface area contributed by atoms with Crippen molar-refractivity contribution < 1.29 is 36.9 Å².